The molecule has 1 saturated heterocycles. The molecule has 148 valence electrons. The van der Waals surface area contributed by atoms with Crippen LogP contribution < -0.4 is 9.47 Å². The van der Waals surface area contributed by atoms with E-state index in [1.165, 1.54) is 0 Å². The molecule has 2 aromatic carbocycles. The number of carbonyl (C=O) groups is 2. The lowest BCUT2D eigenvalue weighted by molar-refractivity contribution is -0.135. The highest BCUT2D eigenvalue weighted by Crippen LogP contribution is 2.25. The highest BCUT2D eigenvalue weighted by molar-refractivity contribution is 5.78. The van der Waals surface area contributed by atoms with E-state index in [0.717, 1.165) is 5.56 Å². The first-order chi connectivity index (χ1) is 13.7. The molecule has 0 aromatic heterocycles. The van der Waals surface area contributed by atoms with Crippen LogP contribution in [0.4, 0.5) is 4.79 Å². The number of piperazine rings is 1. The second-order valence-electron chi connectivity index (χ2n) is 6.35. The molecule has 28 heavy (non-hydrogen) atoms. The molecule has 0 aliphatic carbocycles. The third-order valence-corrected chi connectivity index (χ3v) is 4.52. The first-order valence-corrected chi connectivity index (χ1v) is 9.16. The van der Waals surface area contributed by atoms with Crippen LogP contribution >= 0.6 is 0 Å². The Bertz CT molecular complexity index is 788. The summed E-state index contributed by atoms with van der Waals surface area (Å²) in [7, 11) is 1.56. The minimum absolute atomic E-state index is 0.0706. The van der Waals surface area contributed by atoms with Crippen molar-refractivity contribution in [2.75, 3.05) is 39.9 Å². The standard InChI is InChI=1S/C21H24N2O5/c1-26-18-9-5-6-10-19(18)27-16-20(24)22-11-13-23(14-12-22)21(25)28-15-17-7-3-2-4-8-17/h2-10H,11-16H2,1H3. The highest BCUT2D eigenvalue weighted by Gasteiger charge is 2.25. The van der Waals surface area contributed by atoms with Gasteiger partial charge in [-0.2, -0.15) is 0 Å². The summed E-state index contributed by atoms with van der Waals surface area (Å²) in [6, 6.07) is 16.7. The SMILES string of the molecule is COc1ccccc1OCC(=O)N1CCN(C(=O)OCc2ccccc2)CC1. The summed E-state index contributed by atoms with van der Waals surface area (Å²) < 4.78 is 16.1. The maximum atomic E-state index is 12.4. The molecule has 3 rings (SSSR count). The normalized spacial score (nSPS) is 13.8. The van der Waals surface area contributed by atoms with Gasteiger partial charge < -0.3 is 24.0 Å². The predicted molar refractivity (Wildman–Crippen MR) is 103 cm³/mol. The van der Waals surface area contributed by atoms with Crippen LogP contribution in [0, 0.1) is 0 Å². The van der Waals surface area contributed by atoms with Crippen LogP contribution in [0.25, 0.3) is 0 Å². The monoisotopic (exact) mass is 384 g/mol. The lowest BCUT2D eigenvalue weighted by atomic mass is 10.2. The van der Waals surface area contributed by atoms with Crippen LogP contribution in [0.5, 0.6) is 11.5 Å². The van der Waals surface area contributed by atoms with Crippen molar-refractivity contribution >= 4 is 12.0 Å². The van der Waals surface area contributed by atoms with Gasteiger partial charge in [0.2, 0.25) is 0 Å². The zero-order chi connectivity index (χ0) is 19.8. The summed E-state index contributed by atoms with van der Waals surface area (Å²) in [6.07, 6.45) is -0.360. The molecule has 1 heterocycles. The maximum Gasteiger partial charge on any atom is 0.410 e. The van der Waals surface area contributed by atoms with E-state index in [1.54, 1.807) is 29.0 Å². The summed E-state index contributed by atoms with van der Waals surface area (Å²) in [4.78, 5) is 27.9. The van der Waals surface area contributed by atoms with Crippen molar-refractivity contribution in [3.05, 3.63) is 60.2 Å². The number of ether oxygens (including phenoxy) is 3. The number of methoxy groups -OCH3 is 1. The smallest absolute Gasteiger partial charge is 0.410 e. The number of hydrogen-bond donors (Lipinski definition) is 0. The van der Waals surface area contributed by atoms with Gasteiger partial charge in [0, 0.05) is 26.2 Å². The first kappa shape index (κ1) is 19.5. The van der Waals surface area contributed by atoms with Gasteiger partial charge in [0.05, 0.1) is 7.11 Å². The van der Waals surface area contributed by atoms with E-state index in [1.807, 2.05) is 42.5 Å². The Balaban J connectivity index is 1.41. The Kier molecular flexibility index (Phi) is 6.73. The number of benzene rings is 2. The Morgan fingerprint density at radius 3 is 2.14 bits per heavy atom. The fraction of sp³-hybridized carbons (Fsp3) is 0.333. The second kappa shape index (κ2) is 9.64. The largest absolute Gasteiger partial charge is 0.493 e. The van der Waals surface area contributed by atoms with Gasteiger partial charge in [-0.05, 0) is 17.7 Å². The molecule has 0 saturated carbocycles. The number of carbonyl (C=O) groups excluding carboxylic acids is 2. The summed E-state index contributed by atoms with van der Waals surface area (Å²) in [5, 5.41) is 0. The molecule has 1 fully saturated rings. The number of rotatable bonds is 6. The van der Waals surface area contributed by atoms with Crippen molar-refractivity contribution < 1.29 is 23.8 Å². The first-order valence-electron chi connectivity index (χ1n) is 9.16. The van der Waals surface area contributed by atoms with Gasteiger partial charge >= 0.3 is 6.09 Å². The van der Waals surface area contributed by atoms with Gasteiger partial charge in [-0.25, -0.2) is 4.79 Å². The number of para-hydroxylation sites is 2. The average Bonchev–Trinajstić information content (AvgIpc) is 2.76. The lowest BCUT2D eigenvalue weighted by Crippen LogP contribution is -2.51. The third kappa shape index (κ3) is 5.16. The fourth-order valence-corrected chi connectivity index (χ4v) is 2.92. The van der Waals surface area contributed by atoms with Crippen LogP contribution in [-0.2, 0) is 16.1 Å². The van der Waals surface area contributed by atoms with E-state index in [0.29, 0.717) is 37.7 Å². The van der Waals surface area contributed by atoms with Gasteiger partial charge in [0.15, 0.2) is 18.1 Å². The van der Waals surface area contributed by atoms with Crippen molar-refractivity contribution in [1.82, 2.24) is 9.80 Å². The van der Waals surface area contributed by atoms with Crippen LogP contribution in [-0.4, -0.2) is 61.7 Å². The van der Waals surface area contributed by atoms with Gasteiger partial charge in [0.1, 0.15) is 6.61 Å². The molecule has 0 N–H and O–H groups in total. The molecular formula is C21H24N2O5. The number of nitrogens with zero attached hydrogens (tertiary/aromatic N) is 2. The van der Waals surface area contributed by atoms with Crippen molar-refractivity contribution in [3.63, 3.8) is 0 Å². The van der Waals surface area contributed by atoms with Gasteiger partial charge in [-0.15, -0.1) is 0 Å². The topological polar surface area (TPSA) is 68.3 Å². The molecule has 0 radical (unpaired) electrons. The van der Waals surface area contributed by atoms with E-state index in [9.17, 15) is 9.59 Å². The molecule has 0 atom stereocenters. The zero-order valence-corrected chi connectivity index (χ0v) is 15.9. The highest BCUT2D eigenvalue weighted by atomic mass is 16.6. The van der Waals surface area contributed by atoms with E-state index in [2.05, 4.69) is 0 Å². The Morgan fingerprint density at radius 1 is 0.857 bits per heavy atom. The molecule has 1 aliphatic rings. The molecule has 2 amide bonds. The third-order valence-electron chi connectivity index (χ3n) is 4.52. The second-order valence-corrected chi connectivity index (χ2v) is 6.35. The fourth-order valence-electron chi connectivity index (χ4n) is 2.92. The Hall–Kier alpha value is -3.22. The van der Waals surface area contributed by atoms with Crippen LogP contribution in [0.2, 0.25) is 0 Å². The minimum Gasteiger partial charge on any atom is -0.493 e. The van der Waals surface area contributed by atoms with Crippen molar-refractivity contribution in [1.29, 1.82) is 0 Å². The molecule has 0 spiro atoms. The Morgan fingerprint density at radius 2 is 1.46 bits per heavy atom. The van der Waals surface area contributed by atoms with Crippen LogP contribution in [0.15, 0.2) is 54.6 Å². The van der Waals surface area contributed by atoms with E-state index < -0.39 is 0 Å². The van der Waals surface area contributed by atoms with Gasteiger partial charge in [-0.3, -0.25) is 4.79 Å². The average molecular weight is 384 g/mol. The molecular weight excluding hydrogens is 360 g/mol. The van der Waals surface area contributed by atoms with Gasteiger partial charge in [0.25, 0.3) is 5.91 Å². The molecule has 7 nitrogen and oxygen atoms in total. The summed E-state index contributed by atoms with van der Waals surface area (Å²) in [6.45, 7) is 1.95. The Labute approximate surface area is 164 Å². The van der Waals surface area contributed by atoms with Crippen LogP contribution in [0.1, 0.15) is 5.56 Å². The molecule has 7 heteroatoms. The quantitative estimate of drug-likeness (QED) is 0.766. The van der Waals surface area contributed by atoms with E-state index >= 15 is 0 Å². The molecule has 0 bridgehead atoms. The molecule has 2 aromatic rings. The summed E-state index contributed by atoms with van der Waals surface area (Å²) >= 11 is 0. The van der Waals surface area contributed by atoms with Crippen LogP contribution in [0.3, 0.4) is 0 Å². The summed E-state index contributed by atoms with van der Waals surface area (Å²) in [5.74, 6) is 0.992. The van der Waals surface area contributed by atoms with E-state index in [-0.39, 0.29) is 25.2 Å². The predicted octanol–water partition coefficient (Wildman–Crippen LogP) is 2.56. The maximum absolute atomic E-state index is 12.4. The van der Waals surface area contributed by atoms with Crippen molar-refractivity contribution in [2.45, 2.75) is 6.61 Å². The minimum atomic E-state index is -0.360. The summed E-state index contributed by atoms with van der Waals surface area (Å²) in [5.41, 5.74) is 0.943. The van der Waals surface area contributed by atoms with Crippen molar-refractivity contribution in [3.8, 4) is 11.5 Å². The zero-order valence-electron chi connectivity index (χ0n) is 15.9. The molecule has 0 unspecified atom stereocenters. The lowest BCUT2D eigenvalue weighted by Gasteiger charge is -2.34. The van der Waals surface area contributed by atoms with Crippen molar-refractivity contribution in [2.24, 2.45) is 0 Å². The molecule has 1 aliphatic heterocycles. The number of hydrogen-bond acceptors (Lipinski definition) is 5. The number of amides is 2. The van der Waals surface area contributed by atoms with Gasteiger partial charge in [-0.1, -0.05) is 42.5 Å². The van der Waals surface area contributed by atoms with E-state index in [4.69, 9.17) is 14.2 Å².